The van der Waals surface area contributed by atoms with Gasteiger partial charge in [-0.3, -0.25) is 24.0 Å². The average molecular weight is 481 g/mol. The predicted molar refractivity (Wildman–Crippen MR) is 115 cm³/mol. The van der Waals surface area contributed by atoms with Gasteiger partial charge in [0.25, 0.3) is 0 Å². The number of carboxylic acid groups (broad SMARTS) is 2. The van der Waals surface area contributed by atoms with Crippen LogP contribution in [0.4, 0.5) is 0 Å². The molecule has 0 bridgehead atoms. The van der Waals surface area contributed by atoms with Gasteiger partial charge < -0.3 is 42.7 Å². The first-order valence-corrected chi connectivity index (χ1v) is 9.97. The van der Waals surface area contributed by atoms with Crippen molar-refractivity contribution in [1.29, 1.82) is 0 Å². The Morgan fingerprint density at radius 2 is 1.41 bits per heavy atom. The van der Waals surface area contributed by atoms with Crippen molar-refractivity contribution in [2.45, 2.75) is 50.4 Å². The van der Waals surface area contributed by atoms with E-state index in [-0.39, 0.29) is 12.2 Å². The minimum atomic E-state index is -1.72. The molecule has 1 aromatic rings. The monoisotopic (exact) mass is 481 g/mol. The molecule has 0 saturated carbocycles. The number of amides is 4. The molecule has 1 aromatic carbocycles. The van der Waals surface area contributed by atoms with E-state index in [1.165, 1.54) is 31.2 Å². The first-order valence-electron chi connectivity index (χ1n) is 9.97. The number of phenols is 1. The maximum atomic E-state index is 12.8. The lowest BCUT2D eigenvalue weighted by molar-refractivity contribution is -0.147. The molecule has 14 nitrogen and oxygen atoms in total. The number of carbonyl (C=O) groups excluding carboxylic acids is 4. The number of aliphatic carboxylic acids is 2. The number of hydrogen-bond donors (Lipinski definition) is 8. The lowest BCUT2D eigenvalue weighted by Gasteiger charge is -2.23. The summed E-state index contributed by atoms with van der Waals surface area (Å²) < 4.78 is 0. The highest BCUT2D eigenvalue weighted by molar-refractivity contribution is 5.95. The second-order valence-electron chi connectivity index (χ2n) is 7.44. The minimum absolute atomic E-state index is 0.0306. The Kier molecular flexibility index (Phi) is 10.4. The zero-order valence-electron chi connectivity index (χ0n) is 18.2. The minimum Gasteiger partial charge on any atom is -0.508 e. The van der Waals surface area contributed by atoms with Crippen LogP contribution in [-0.2, 0) is 35.2 Å². The molecule has 0 aliphatic carbocycles. The molecule has 186 valence electrons. The van der Waals surface area contributed by atoms with Gasteiger partial charge in [0.1, 0.15) is 23.9 Å². The van der Waals surface area contributed by atoms with Gasteiger partial charge in [-0.05, 0) is 24.6 Å². The predicted octanol–water partition coefficient (Wildman–Crippen LogP) is -2.83. The summed E-state index contributed by atoms with van der Waals surface area (Å²) in [7, 11) is 0. The Bertz CT molecular complexity index is 935. The number of carboxylic acids is 2. The van der Waals surface area contributed by atoms with E-state index in [9.17, 15) is 33.9 Å². The summed E-state index contributed by atoms with van der Waals surface area (Å²) >= 11 is 0. The Morgan fingerprint density at radius 3 is 1.91 bits per heavy atom. The number of nitrogens with two attached hydrogens (primary N) is 2. The second kappa shape index (κ2) is 12.7. The van der Waals surface area contributed by atoms with Gasteiger partial charge in [-0.25, -0.2) is 4.79 Å². The van der Waals surface area contributed by atoms with Crippen LogP contribution in [-0.4, -0.2) is 75.1 Å². The van der Waals surface area contributed by atoms with Crippen LogP contribution in [0.1, 0.15) is 25.3 Å². The van der Waals surface area contributed by atoms with Gasteiger partial charge >= 0.3 is 11.9 Å². The molecule has 1 rings (SSSR count). The van der Waals surface area contributed by atoms with Crippen molar-refractivity contribution in [2.75, 3.05) is 0 Å². The van der Waals surface area contributed by atoms with Gasteiger partial charge in [-0.2, -0.15) is 0 Å². The standard InChI is InChI=1S/C20H27N5O9/c1-9(17(30)25-14(20(33)34)8-16(28)29)23-19(32)13(6-10-2-4-11(26)5-3-10)24-18(31)12(21)7-15(22)27/h2-5,9,12-14,26H,6-8,21H2,1H3,(H2,22,27)(H,23,32)(H,24,31)(H,25,30)(H,28,29)(H,33,34). The van der Waals surface area contributed by atoms with Gasteiger partial charge in [0, 0.05) is 6.42 Å². The van der Waals surface area contributed by atoms with Crippen LogP contribution in [0, 0.1) is 0 Å². The summed E-state index contributed by atoms with van der Waals surface area (Å²) in [4.78, 5) is 70.3. The van der Waals surface area contributed by atoms with Gasteiger partial charge in [-0.1, -0.05) is 12.1 Å². The van der Waals surface area contributed by atoms with Crippen LogP contribution >= 0.6 is 0 Å². The van der Waals surface area contributed by atoms with Crippen molar-refractivity contribution in [3.63, 3.8) is 0 Å². The third-order valence-electron chi connectivity index (χ3n) is 4.51. The van der Waals surface area contributed by atoms with Crippen LogP contribution in [0.5, 0.6) is 5.75 Å². The summed E-state index contributed by atoms with van der Waals surface area (Å²) in [5, 5.41) is 33.9. The van der Waals surface area contributed by atoms with Gasteiger partial charge in [0.2, 0.25) is 23.6 Å². The Hall–Kier alpha value is -4.20. The van der Waals surface area contributed by atoms with Crippen LogP contribution in [0.3, 0.4) is 0 Å². The molecule has 4 atom stereocenters. The van der Waals surface area contributed by atoms with E-state index >= 15 is 0 Å². The number of nitrogens with one attached hydrogen (secondary N) is 3. The molecule has 0 fully saturated rings. The fourth-order valence-electron chi connectivity index (χ4n) is 2.72. The van der Waals surface area contributed by atoms with E-state index in [0.29, 0.717) is 5.56 Å². The molecule has 14 heteroatoms. The number of hydrogen-bond acceptors (Lipinski definition) is 8. The summed E-state index contributed by atoms with van der Waals surface area (Å²) in [5.74, 6) is -6.56. The van der Waals surface area contributed by atoms with Crippen molar-refractivity contribution in [3.05, 3.63) is 29.8 Å². The quantitative estimate of drug-likeness (QED) is 0.143. The summed E-state index contributed by atoms with van der Waals surface area (Å²) in [6.45, 7) is 1.23. The summed E-state index contributed by atoms with van der Waals surface area (Å²) in [6, 6.07) is 0.0618. The third-order valence-corrected chi connectivity index (χ3v) is 4.51. The van der Waals surface area contributed by atoms with E-state index < -0.39 is 72.6 Å². The Balaban J connectivity index is 2.95. The smallest absolute Gasteiger partial charge is 0.326 e. The van der Waals surface area contributed by atoms with Crippen LogP contribution in [0.15, 0.2) is 24.3 Å². The lowest BCUT2D eigenvalue weighted by Crippen LogP contribution is -2.57. The van der Waals surface area contributed by atoms with Crippen molar-refractivity contribution in [1.82, 2.24) is 16.0 Å². The highest BCUT2D eigenvalue weighted by Gasteiger charge is 2.29. The van der Waals surface area contributed by atoms with Gasteiger partial charge in [0.05, 0.1) is 18.9 Å². The molecule has 4 unspecified atom stereocenters. The normalized spacial score (nSPS) is 14.1. The molecular weight excluding hydrogens is 454 g/mol. The maximum Gasteiger partial charge on any atom is 0.326 e. The number of rotatable bonds is 13. The highest BCUT2D eigenvalue weighted by atomic mass is 16.4. The third kappa shape index (κ3) is 9.52. The van der Waals surface area contributed by atoms with Crippen molar-refractivity contribution >= 4 is 35.6 Å². The molecule has 0 saturated heterocycles. The Labute approximate surface area is 193 Å². The lowest BCUT2D eigenvalue weighted by atomic mass is 10.0. The molecule has 0 radical (unpaired) electrons. The summed E-state index contributed by atoms with van der Waals surface area (Å²) in [5.41, 5.74) is 11.2. The zero-order chi connectivity index (χ0) is 26.0. The molecule has 34 heavy (non-hydrogen) atoms. The Morgan fingerprint density at radius 1 is 0.853 bits per heavy atom. The zero-order valence-corrected chi connectivity index (χ0v) is 18.2. The van der Waals surface area contributed by atoms with Gasteiger partial charge in [-0.15, -0.1) is 0 Å². The number of carbonyl (C=O) groups is 6. The van der Waals surface area contributed by atoms with Crippen LogP contribution in [0.25, 0.3) is 0 Å². The van der Waals surface area contributed by atoms with Crippen LogP contribution < -0.4 is 27.4 Å². The molecule has 0 aliphatic heterocycles. The first kappa shape index (κ1) is 27.8. The molecular formula is C20H27N5O9. The van der Waals surface area contributed by atoms with Gasteiger partial charge in [0.15, 0.2) is 0 Å². The fourth-order valence-corrected chi connectivity index (χ4v) is 2.72. The number of primary amides is 1. The molecule has 0 spiro atoms. The maximum absolute atomic E-state index is 12.8. The average Bonchev–Trinajstić information content (AvgIpc) is 2.73. The largest absolute Gasteiger partial charge is 0.508 e. The van der Waals surface area contributed by atoms with Crippen molar-refractivity contribution in [2.24, 2.45) is 11.5 Å². The molecule has 0 aliphatic rings. The van der Waals surface area contributed by atoms with Crippen molar-refractivity contribution < 1.29 is 44.1 Å². The van der Waals surface area contributed by atoms with E-state index in [1.807, 2.05) is 5.32 Å². The second-order valence-corrected chi connectivity index (χ2v) is 7.44. The van der Waals surface area contributed by atoms with E-state index in [0.717, 1.165) is 0 Å². The van der Waals surface area contributed by atoms with Crippen LogP contribution in [0.2, 0.25) is 0 Å². The highest BCUT2D eigenvalue weighted by Crippen LogP contribution is 2.12. The summed E-state index contributed by atoms with van der Waals surface area (Å²) in [6.07, 6.45) is -1.44. The molecule has 0 heterocycles. The molecule has 4 amide bonds. The number of aromatic hydroxyl groups is 1. The topological polar surface area (TPSA) is 251 Å². The van der Waals surface area contributed by atoms with E-state index in [1.54, 1.807) is 0 Å². The first-order chi connectivity index (χ1) is 15.8. The number of phenolic OH excluding ortho intramolecular Hbond substituents is 1. The van der Waals surface area contributed by atoms with Crippen molar-refractivity contribution in [3.8, 4) is 5.75 Å². The van der Waals surface area contributed by atoms with E-state index in [2.05, 4.69) is 10.6 Å². The molecule has 0 aromatic heterocycles. The molecule has 10 N–H and O–H groups in total. The fraction of sp³-hybridized carbons (Fsp3) is 0.400. The van der Waals surface area contributed by atoms with E-state index in [4.69, 9.17) is 21.7 Å². The SMILES string of the molecule is CC(NC(=O)C(Cc1ccc(O)cc1)NC(=O)C(N)CC(N)=O)C(=O)NC(CC(=O)O)C(=O)O. The number of benzene rings is 1.